The Kier molecular flexibility index (Phi) is 7.25. The Morgan fingerprint density at radius 1 is 1.21 bits per heavy atom. The van der Waals surface area contributed by atoms with Gasteiger partial charge < -0.3 is 20.5 Å². The third-order valence-electron chi connectivity index (χ3n) is 4.34. The van der Waals surface area contributed by atoms with Crippen molar-refractivity contribution in [1.29, 1.82) is 0 Å². The summed E-state index contributed by atoms with van der Waals surface area (Å²) in [5.74, 6) is -0.272. The number of alkyl carbamates (subject to hydrolysis) is 1. The zero-order chi connectivity index (χ0) is 21.6. The molecule has 8 heteroatoms. The van der Waals surface area contributed by atoms with E-state index in [4.69, 9.17) is 4.74 Å². The molecule has 29 heavy (non-hydrogen) atoms. The zero-order valence-corrected chi connectivity index (χ0v) is 17.3. The summed E-state index contributed by atoms with van der Waals surface area (Å²) in [6.07, 6.45) is 1.67. The molecule has 0 radical (unpaired) electrons. The molecule has 1 aromatic heterocycles. The van der Waals surface area contributed by atoms with Crippen molar-refractivity contribution in [2.45, 2.75) is 58.6 Å². The normalized spacial score (nSPS) is 12.4. The van der Waals surface area contributed by atoms with Crippen LogP contribution in [0.1, 0.15) is 46.1 Å². The second-order valence-corrected chi connectivity index (χ2v) is 7.83. The van der Waals surface area contributed by atoms with Crippen LogP contribution in [-0.4, -0.2) is 46.0 Å². The number of hydrogen-bond acceptors (Lipinski definition) is 4. The number of carbonyl (C=O) groups is 3. The van der Waals surface area contributed by atoms with Crippen molar-refractivity contribution in [3.05, 3.63) is 36.0 Å². The first kappa shape index (κ1) is 22.3. The molecule has 0 unspecified atom stereocenters. The highest BCUT2D eigenvalue weighted by molar-refractivity contribution is 5.91. The van der Waals surface area contributed by atoms with Crippen LogP contribution in [-0.2, 0) is 16.0 Å². The lowest BCUT2D eigenvalue weighted by Gasteiger charge is -2.22. The fourth-order valence-corrected chi connectivity index (χ4v) is 3.02. The molecule has 8 nitrogen and oxygen atoms in total. The quantitative estimate of drug-likeness (QED) is 0.613. The molecule has 2 rings (SSSR count). The Bertz CT molecular complexity index is 882. The molecule has 0 spiro atoms. The van der Waals surface area contributed by atoms with Gasteiger partial charge in [0, 0.05) is 18.1 Å². The lowest BCUT2D eigenvalue weighted by molar-refractivity contribution is -0.123. The molecule has 2 aromatic rings. The Morgan fingerprint density at radius 2 is 1.90 bits per heavy atom. The fourth-order valence-electron chi connectivity index (χ4n) is 3.02. The molecule has 0 aliphatic heterocycles. The van der Waals surface area contributed by atoms with E-state index >= 15 is 0 Å². The number of rotatable bonds is 7. The summed E-state index contributed by atoms with van der Waals surface area (Å²) in [6.45, 7) is 7.50. The van der Waals surface area contributed by atoms with Gasteiger partial charge in [-0.25, -0.2) is 9.59 Å². The van der Waals surface area contributed by atoms with E-state index in [1.54, 1.807) is 39.1 Å². The number of hydrogen-bond donors (Lipinski definition) is 3. The van der Waals surface area contributed by atoms with E-state index in [1.165, 1.54) is 4.57 Å². The van der Waals surface area contributed by atoms with Crippen LogP contribution in [0.15, 0.2) is 30.5 Å². The molecule has 0 saturated carbocycles. The molecule has 0 fully saturated rings. The minimum absolute atomic E-state index is 0.272. The van der Waals surface area contributed by atoms with Crippen LogP contribution in [0.5, 0.6) is 0 Å². The second kappa shape index (κ2) is 9.45. The maximum absolute atomic E-state index is 12.3. The van der Waals surface area contributed by atoms with Gasteiger partial charge >= 0.3 is 12.2 Å². The molecule has 0 saturated heterocycles. The van der Waals surface area contributed by atoms with Crippen LogP contribution >= 0.6 is 0 Å². The molecule has 1 heterocycles. The number of para-hydroxylation sites is 1. The second-order valence-electron chi connectivity index (χ2n) is 7.83. The van der Waals surface area contributed by atoms with Crippen molar-refractivity contribution in [1.82, 2.24) is 15.2 Å². The molecule has 0 bridgehead atoms. The third kappa shape index (κ3) is 6.23. The molecular weight excluding hydrogens is 374 g/mol. The number of carbonyl (C=O) groups excluding carboxylic acids is 2. The number of fused-ring (bicyclic) bond motifs is 1. The number of aryl methyl sites for hydroxylation is 1. The predicted octanol–water partition coefficient (Wildman–Crippen LogP) is 3.52. The fraction of sp³-hybridized carbons (Fsp3) is 0.476. The first-order chi connectivity index (χ1) is 13.6. The van der Waals surface area contributed by atoms with Gasteiger partial charge in [-0.05, 0) is 51.7 Å². The van der Waals surface area contributed by atoms with Gasteiger partial charge in [-0.15, -0.1) is 0 Å². The number of amides is 2. The van der Waals surface area contributed by atoms with Crippen LogP contribution < -0.4 is 10.6 Å². The van der Waals surface area contributed by atoms with Gasteiger partial charge in [0.05, 0.1) is 5.52 Å². The standard InChI is InChI=1S/C21H29N3O5/c1-5-16(23-19(26)29-21(2,3)4)18(25)22-12-8-9-14-13-24(20(27)28)17-11-7-6-10-15(14)17/h6-7,10-11,13,16H,5,8-9,12H2,1-4H3,(H,22,25)(H,23,26)(H,27,28)/t16-/m0/s1. The predicted molar refractivity (Wildman–Crippen MR) is 110 cm³/mol. The number of aromatic nitrogens is 1. The molecule has 3 N–H and O–H groups in total. The Hall–Kier alpha value is -3.03. The highest BCUT2D eigenvalue weighted by Gasteiger charge is 2.22. The first-order valence-corrected chi connectivity index (χ1v) is 9.72. The van der Waals surface area contributed by atoms with Crippen molar-refractivity contribution in [3.63, 3.8) is 0 Å². The van der Waals surface area contributed by atoms with Crippen molar-refractivity contribution < 1.29 is 24.2 Å². The summed E-state index contributed by atoms with van der Waals surface area (Å²) in [5.41, 5.74) is 0.927. The van der Waals surface area contributed by atoms with Crippen molar-refractivity contribution >= 4 is 29.0 Å². The smallest absolute Gasteiger partial charge is 0.416 e. The average molecular weight is 403 g/mol. The monoisotopic (exact) mass is 403 g/mol. The van der Waals surface area contributed by atoms with Crippen LogP contribution in [0, 0.1) is 0 Å². The number of nitrogens with zero attached hydrogens (tertiary/aromatic N) is 1. The first-order valence-electron chi connectivity index (χ1n) is 9.72. The Labute approximate surface area is 170 Å². The highest BCUT2D eigenvalue weighted by Crippen LogP contribution is 2.22. The molecular formula is C21H29N3O5. The third-order valence-corrected chi connectivity index (χ3v) is 4.34. The van der Waals surface area contributed by atoms with E-state index < -0.39 is 23.8 Å². The Morgan fingerprint density at radius 3 is 2.52 bits per heavy atom. The van der Waals surface area contributed by atoms with E-state index in [2.05, 4.69) is 10.6 Å². The maximum atomic E-state index is 12.3. The van der Waals surface area contributed by atoms with Gasteiger partial charge in [0.15, 0.2) is 0 Å². The number of benzene rings is 1. The molecule has 0 aliphatic carbocycles. The van der Waals surface area contributed by atoms with Crippen molar-refractivity contribution in [2.75, 3.05) is 6.54 Å². The van der Waals surface area contributed by atoms with Crippen molar-refractivity contribution in [3.8, 4) is 0 Å². The number of nitrogens with one attached hydrogen (secondary N) is 2. The van der Waals surface area contributed by atoms with Crippen LogP contribution in [0.25, 0.3) is 10.9 Å². The van der Waals surface area contributed by atoms with Gasteiger partial charge in [0.25, 0.3) is 0 Å². The average Bonchev–Trinajstić information content (AvgIpc) is 3.01. The Balaban J connectivity index is 1.88. The van der Waals surface area contributed by atoms with E-state index in [1.807, 2.05) is 19.1 Å². The number of carboxylic acid groups (broad SMARTS) is 1. The van der Waals surface area contributed by atoms with Gasteiger partial charge in [0.2, 0.25) is 5.91 Å². The zero-order valence-electron chi connectivity index (χ0n) is 17.3. The SMILES string of the molecule is CC[C@H](NC(=O)OC(C)(C)C)C(=O)NCCCc1cn(C(=O)O)c2ccccc12. The van der Waals surface area contributed by atoms with Crippen molar-refractivity contribution in [2.24, 2.45) is 0 Å². The minimum Gasteiger partial charge on any atom is -0.464 e. The minimum atomic E-state index is -1.03. The van der Waals surface area contributed by atoms with Gasteiger partial charge in [-0.3, -0.25) is 9.36 Å². The lowest BCUT2D eigenvalue weighted by Crippen LogP contribution is -2.48. The molecule has 0 aliphatic rings. The molecule has 1 atom stereocenters. The lowest BCUT2D eigenvalue weighted by atomic mass is 10.1. The summed E-state index contributed by atoms with van der Waals surface area (Å²) < 4.78 is 6.40. The number of ether oxygens (including phenoxy) is 1. The summed E-state index contributed by atoms with van der Waals surface area (Å²) in [4.78, 5) is 35.6. The largest absolute Gasteiger partial charge is 0.464 e. The van der Waals surface area contributed by atoms with E-state index in [9.17, 15) is 19.5 Å². The summed E-state index contributed by atoms with van der Waals surface area (Å²) in [5, 5.41) is 15.6. The molecule has 1 aromatic carbocycles. The molecule has 158 valence electrons. The molecule has 2 amide bonds. The van der Waals surface area contributed by atoms with Crippen LogP contribution in [0.3, 0.4) is 0 Å². The highest BCUT2D eigenvalue weighted by atomic mass is 16.6. The maximum Gasteiger partial charge on any atom is 0.416 e. The van der Waals surface area contributed by atoms with E-state index in [-0.39, 0.29) is 5.91 Å². The summed E-state index contributed by atoms with van der Waals surface area (Å²) in [7, 11) is 0. The van der Waals surface area contributed by atoms with E-state index in [0.717, 1.165) is 10.9 Å². The van der Waals surface area contributed by atoms with Gasteiger partial charge in [0.1, 0.15) is 11.6 Å². The van der Waals surface area contributed by atoms with E-state index in [0.29, 0.717) is 31.3 Å². The van der Waals surface area contributed by atoms with Gasteiger partial charge in [-0.2, -0.15) is 0 Å². The van der Waals surface area contributed by atoms with Crippen LogP contribution in [0.2, 0.25) is 0 Å². The van der Waals surface area contributed by atoms with Gasteiger partial charge in [-0.1, -0.05) is 25.1 Å². The topological polar surface area (TPSA) is 110 Å². The summed E-state index contributed by atoms with van der Waals surface area (Å²) in [6, 6.07) is 6.66. The van der Waals surface area contributed by atoms with Crippen LogP contribution in [0.4, 0.5) is 9.59 Å². The summed E-state index contributed by atoms with van der Waals surface area (Å²) >= 11 is 0.